The first-order valence-electron chi connectivity index (χ1n) is 10.5. The lowest BCUT2D eigenvalue weighted by molar-refractivity contribution is -0.139. The zero-order chi connectivity index (χ0) is 27.1. The Morgan fingerprint density at radius 1 is 1.08 bits per heavy atom. The first-order valence-corrected chi connectivity index (χ1v) is 12.0. The van der Waals surface area contributed by atoms with Crippen molar-refractivity contribution in [2.24, 2.45) is 5.73 Å². The van der Waals surface area contributed by atoms with E-state index in [2.05, 4.69) is 0 Å². The second kappa shape index (κ2) is 9.54. The minimum atomic E-state index is -5.07. The minimum Gasteiger partial charge on any atom is -0.443 e. The lowest BCUT2D eigenvalue weighted by atomic mass is 10.0. The maximum atomic E-state index is 14.0. The Hall–Kier alpha value is -3.45. The Morgan fingerprint density at radius 3 is 2.33 bits per heavy atom. The van der Waals surface area contributed by atoms with Crippen molar-refractivity contribution in [3.63, 3.8) is 0 Å². The molecule has 0 fully saturated rings. The van der Waals surface area contributed by atoms with Crippen LogP contribution in [0.4, 0.5) is 22.4 Å². The third-order valence-corrected chi connectivity index (χ3v) is 6.43. The van der Waals surface area contributed by atoms with Crippen LogP contribution in [0.5, 0.6) is 0 Å². The van der Waals surface area contributed by atoms with Gasteiger partial charge in [-0.3, -0.25) is 9.36 Å². The van der Waals surface area contributed by atoms with Crippen LogP contribution in [0.2, 0.25) is 0 Å². The summed E-state index contributed by atoms with van der Waals surface area (Å²) in [5.74, 6) is -1.52. The monoisotopic (exact) mass is 529 g/mol. The second-order valence-electron chi connectivity index (χ2n) is 8.88. The molecule has 1 amide bonds. The molecule has 3 aromatic rings. The van der Waals surface area contributed by atoms with Gasteiger partial charge in [0.25, 0.3) is 0 Å². The maximum absolute atomic E-state index is 14.0. The summed E-state index contributed by atoms with van der Waals surface area (Å²) in [5, 5.41) is 0.241. The summed E-state index contributed by atoms with van der Waals surface area (Å²) < 4.78 is 89.0. The van der Waals surface area contributed by atoms with E-state index < -0.39 is 63.0 Å². The number of hydrogen-bond donors (Lipinski definition) is 2. The number of carbonyl (C=O) groups is 2. The molecule has 0 aliphatic heterocycles. The molecule has 3 rings (SSSR count). The van der Waals surface area contributed by atoms with Crippen molar-refractivity contribution in [1.29, 1.82) is 0 Å². The largest absolute Gasteiger partial charge is 0.443 e. The second-order valence-corrected chi connectivity index (χ2v) is 10.6. The lowest BCUT2D eigenvalue weighted by Crippen LogP contribution is -2.29. The van der Waals surface area contributed by atoms with Gasteiger partial charge in [-0.05, 0) is 56.7 Å². The molecule has 194 valence electrons. The molecule has 8 nitrogen and oxygen atoms in total. The standard InChI is InChI=1S/C23H23F4N3O5S/c1-22(2,3)35-21(32)30-12-16(15-6-5-14(24)11-18(15)30)13-4-7-19(17(10-13)23(25,26)27)36(33,34)29-9-8-20(28)31/h4-7,10-12,29H,8-9H2,1-3H3,(H2,28,31). The number of nitrogens with one attached hydrogen (secondary N) is 1. The van der Waals surface area contributed by atoms with Gasteiger partial charge < -0.3 is 10.5 Å². The van der Waals surface area contributed by atoms with Crippen LogP contribution in [-0.4, -0.2) is 37.1 Å². The van der Waals surface area contributed by atoms with Crippen molar-refractivity contribution in [3.05, 3.63) is 54.0 Å². The molecular weight excluding hydrogens is 506 g/mol. The van der Waals surface area contributed by atoms with Gasteiger partial charge in [0.05, 0.1) is 16.0 Å². The van der Waals surface area contributed by atoms with Gasteiger partial charge in [-0.1, -0.05) is 6.07 Å². The molecule has 13 heteroatoms. The number of carbonyl (C=O) groups excluding carboxylic acids is 2. The molecule has 3 N–H and O–H groups in total. The van der Waals surface area contributed by atoms with E-state index in [9.17, 15) is 35.6 Å². The topological polar surface area (TPSA) is 120 Å². The van der Waals surface area contributed by atoms with Crippen LogP contribution in [0.25, 0.3) is 22.0 Å². The highest BCUT2D eigenvalue weighted by molar-refractivity contribution is 7.89. The molecule has 0 radical (unpaired) electrons. The van der Waals surface area contributed by atoms with Gasteiger partial charge in [0.2, 0.25) is 15.9 Å². The van der Waals surface area contributed by atoms with Crippen LogP contribution >= 0.6 is 0 Å². The number of rotatable bonds is 6. The summed E-state index contributed by atoms with van der Waals surface area (Å²) in [4.78, 5) is 22.5. The van der Waals surface area contributed by atoms with Crippen LogP contribution in [0.1, 0.15) is 32.8 Å². The summed E-state index contributed by atoms with van der Waals surface area (Å²) in [6, 6.07) is 5.94. The van der Waals surface area contributed by atoms with Crippen LogP contribution in [0.3, 0.4) is 0 Å². The number of halogens is 4. The molecule has 0 saturated heterocycles. The number of hydrogen-bond acceptors (Lipinski definition) is 5. The van der Waals surface area contributed by atoms with Crippen molar-refractivity contribution in [2.75, 3.05) is 6.54 Å². The molecule has 2 aromatic carbocycles. The highest BCUT2D eigenvalue weighted by atomic mass is 32.2. The SMILES string of the molecule is CC(C)(C)OC(=O)n1cc(-c2ccc(S(=O)(=O)NCCC(N)=O)c(C(F)(F)F)c2)c2ccc(F)cc21. The highest BCUT2D eigenvalue weighted by Gasteiger charge is 2.38. The molecule has 1 aromatic heterocycles. The molecule has 0 atom stereocenters. The zero-order valence-corrected chi connectivity index (χ0v) is 20.3. The number of primary amides is 1. The summed E-state index contributed by atoms with van der Waals surface area (Å²) >= 11 is 0. The van der Waals surface area contributed by atoms with E-state index in [-0.39, 0.29) is 22.0 Å². The molecular formula is C23H23F4N3O5S. The van der Waals surface area contributed by atoms with Gasteiger partial charge in [0.1, 0.15) is 11.4 Å². The maximum Gasteiger partial charge on any atom is 0.419 e. The molecule has 0 aliphatic carbocycles. The van der Waals surface area contributed by atoms with Crippen molar-refractivity contribution in [1.82, 2.24) is 9.29 Å². The summed E-state index contributed by atoms with van der Waals surface area (Å²) in [7, 11) is -4.65. The number of fused-ring (bicyclic) bond motifs is 1. The smallest absolute Gasteiger partial charge is 0.419 e. The Labute approximate surface area is 204 Å². The van der Waals surface area contributed by atoms with E-state index in [1.54, 1.807) is 20.8 Å². The van der Waals surface area contributed by atoms with Crippen LogP contribution in [0.15, 0.2) is 47.5 Å². The first kappa shape index (κ1) is 27.1. The normalized spacial score (nSPS) is 12.6. The van der Waals surface area contributed by atoms with Gasteiger partial charge in [-0.25, -0.2) is 22.3 Å². The quantitative estimate of drug-likeness (QED) is 0.459. The number of sulfonamides is 1. The Balaban J connectivity index is 2.17. The lowest BCUT2D eigenvalue weighted by Gasteiger charge is -2.19. The van der Waals surface area contributed by atoms with E-state index in [4.69, 9.17) is 10.5 Å². The summed E-state index contributed by atoms with van der Waals surface area (Å²) in [6.45, 7) is 4.37. The van der Waals surface area contributed by atoms with Crippen LogP contribution in [0, 0.1) is 5.82 Å². The first-order chi connectivity index (χ1) is 16.5. The molecule has 36 heavy (non-hydrogen) atoms. The van der Waals surface area contributed by atoms with Crippen molar-refractivity contribution >= 4 is 32.9 Å². The molecule has 0 unspecified atom stereocenters. The number of aromatic nitrogens is 1. The van der Waals surface area contributed by atoms with E-state index in [1.807, 2.05) is 4.72 Å². The van der Waals surface area contributed by atoms with Crippen molar-refractivity contribution in [2.45, 2.75) is 43.9 Å². The van der Waals surface area contributed by atoms with Crippen molar-refractivity contribution in [3.8, 4) is 11.1 Å². The number of alkyl halides is 3. The van der Waals surface area contributed by atoms with Crippen LogP contribution < -0.4 is 10.5 Å². The average Bonchev–Trinajstić information content (AvgIpc) is 3.10. The fraction of sp³-hybridized carbons (Fsp3) is 0.304. The Kier molecular flexibility index (Phi) is 7.19. The van der Waals surface area contributed by atoms with E-state index in [1.165, 1.54) is 12.3 Å². The number of nitrogens with two attached hydrogens (primary N) is 1. The molecule has 0 bridgehead atoms. The zero-order valence-electron chi connectivity index (χ0n) is 19.4. The van der Waals surface area contributed by atoms with Gasteiger partial charge in [0.15, 0.2) is 0 Å². The molecule has 0 aliphatic rings. The Morgan fingerprint density at radius 2 is 1.75 bits per heavy atom. The third-order valence-electron chi connectivity index (χ3n) is 4.91. The van der Waals surface area contributed by atoms with Gasteiger partial charge in [-0.15, -0.1) is 0 Å². The summed E-state index contributed by atoms with van der Waals surface area (Å²) in [6.07, 6.45) is -5.15. The molecule has 0 saturated carbocycles. The van der Waals surface area contributed by atoms with E-state index in [0.717, 1.165) is 28.8 Å². The van der Waals surface area contributed by atoms with Gasteiger partial charge in [0, 0.05) is 30.1 Å². The highest BCUT2D eigenvalue weighted by Crippen LogP contribution is 2.39. The number of amides is 1. The number of ether oxygens (including phenoxy) is 1. The minimum absolute atomic E-state index is 0.0534. The van der Waals surface area contributed by atoms with E-state index in [0.29, 0.717) is 6.07 Å². The average molecular weight is 530 g/mol. The van der Waals surface area contributed by atoms with Crippen molar-refractivity contribution < 1.29 is 40.3 Å². The fourth-order valence-electron chi connectivity index (χ4n) is 3.43. The van der Waals surface area contributed by atoms with Crippen LogP contribution in [-0.2, 0) is 25.7 Å². The third kappa shape index (κ3) is 6.02. The molecule has 1 heterocycles. The molecule has 0 spiro atoms. The number of nitrogens with zero attached hydrogens (tertiary/aromatic N) is 1. The fourth-order valence-corrected chi connectivity index (χ4v) is 4.67. The van der Waals surface area contributed by atoms with Gasteiger partial charge in [-0.2, -0.15) is 13.2 Å². The van der Waals surface area contributed by atoms with Gasteiger partial charge >= 0.3 is 12.3 Å². The van der Waals surface area contributed by atoms with E-state index >= 15 is 0 Å². The predicted molar refractivity (Wildman–Crippen MR) is 123 cm³/mol. The Bertz CT molecular complexity index is 1440. The summed E-state index contributed by atoms with van der Waals surface area (Å²) in [5.41, 5.74) is 2.68. The number of benzene rings is 2. The predicted octanol–water partition coefficient (Wildman–Crippen LogP) is 4.40.